The lowest BCUT2D eigenvalue weighted by Gasteiger charge is -2.11. The maximum absolute atomic E-state index is 4.95. The summed E-state index contributed by atoms with van der Waals surface area (Å²) in [5.74, 6) is 1.96. The van der Waals surface area contributed by atoms with Crippen molar-refractivity contribution < 1.29 is 0 Å². The first-order valence-electron chi connectivity index (χ1n) is 15.8. The Hall–Kier alpha value is -6.39. The van der Waals surface area contributed by atoms with Crippen LogP contribution in [0.3, 0.4) is 0 Å². The zero-order valence-electron chi connectivity index (χ0n) is 25.5. The summed E-state index contributed by atoms with van der Waals surface area (Å²) in [7, 11) is 0. The summed E-state index contributed by atoms with van der Waals surface area (Å²) in [6, 6.07) is 59.3. The lowest BCUT2D eigenvalue weighted by atomic mass is 9.97. The molecule has 9 aromatic rings. The largest absolute Gasteiger partial charge is 0.309 e. The molecule has 2 aromatic heterocycles. The van der Waals surface area contributed by atoms with Crippen molar-refractivity contribution in [3.8, 4) is 51.0 Å². The van der Waals surface area contributed by atoms with Crippen LogP contribution in [0.1, 0.15) is 0 Å². The van der Waals surface area contributed by atoms with Crippen molar-refractivity contribution in [2.24, 2.45) is 0 Å². The van der Waals surface area contributed by atoms with E-state index in [1.165, 1.54) is 32.6 Å². The van der Waals surface area contributed by atoms with Gasteiger partial charge in [-0.25, -0.2) is 15.0 Å². The van der Waals surface area contributed by atoms with Crippen LogP contribution in [0.2, 0.25) is 0 Å². The summed E-state index contributed by atoms with van der Waals surface area (Å²) < 4.78 is 2.36. The Morgan fingerprint density at radius 1 is 0.340 bits per heavy atom. The smallest absolute Gasteiger partial charge is 0.164 e. The third-order valence-corrected chi connectivity index (χ3v) is 8.82. The minimum absolute atomic E-state index is 0.649. The van der Waals surface area contributed by atoms with Crippen molar-refractivity contribution in [3.63, 3.8) is 0 Å². The minimum atomic E-state index is 0.649. The molecule has 0 atom stereocenters. The SMILES string of the molecule is c1ccc(-c2nc(-c3ccccc3)nc(-c3cccc(-c4ccc5c(ccc6c5c5ccccc5n6-c5ccccc5)c4)c3)n2)cc1. The van der Waals surface area contributed by atoms with E-state index >= 15 is 0 Å². The van der Waals surface area contributed by atoms with E-state index in [2.05, 4.69) is 114 Å². The van der Waals surface area contributed by atoms with Gasteiger partial charge in [0.2, 0.25) is 0 Å². The van der Waals surface area contributed by atoms with E-state index in [0.717, 1.165) is 33.5 Å². The molecule has 0 aliphatic carbocycles. The van der Waals surface area contributed by atoms with Gasteiger partial charge in [-0.15, -0.1) is 0 Å². The molecule has 9 rings (SSSR count). The Morgan fingerprint density at radius 3 is 1.60 bits per heavy atom. The first-order valence-corrected chi connectivity index (χ1v) is 15.8. The second kappa shape index (κ2) is 11.2. The zero-order valence-corrected chi connectivity index (χ0v) is 25.5. The lowest BCUT2D eigenvalue weighted by Crippen LogP contribution is -2.00. The number of hydrogen-bond donors (Lipinski definition) is 0. The van der Waals surface area contributed by atoms with Crippen molar-refractivity contribution in [3.05, 3.63) is 170 Å². The van der Waals surface area contributed by atoms with Crippen LogP contribution in [0.25, 0.3) is 83.6 Å². The monoisotopic (exact) mass is 600 g/mol. The van der Waals surface area contributed by atoms with Gasteiger partial charge in [0.1, 0.15) is 0 Å². The molecule has 4 heteroatoms. The zero-order chi connectivity index (χ0) is 31.2. The minimum Gasteiger partial charge on any atom is -0.309 e. The number of benzene rings is 7. The quantitative estimate of drug-likeness (QED) is 0.197. The fourth-order valence-corrected chi connectivity index (χ4v) is 6.61. The first kappa shape index (κ1) is 27.0. The van der Waals surface area contributed by atoms with Crippen molar-refractivity contribution in [2.45, 2.75) is 0 Å². The van der Waals surface area contributed by atoms with E-state index in [0.29, 0.717) is 17.5 Å². The van der Waals surface area contributed by atoms with E-state index in [9.17, 15) is 0 Å². The molecular weight excluding hydrogens is 573 g/mol. The van der Waals surface area contributed by atoms with E-state index in [1.54, 1.807) is 0 Å². The highest BCUT2D eigenvalue weighted by atomic mass is 15.0. The number of aromatic nitrogens is 4. The summed E-state index contributed by atoms with van der Waals surface area (Å²) in [4.78, 5) is 14.8. The molecule has 0 fully saturated rings. The molecule has 0 amide bonds. The fourth-order valence-electron chi connectivity index (χ4n) is 6.61. The van der Waals surface area contributed by atoms with E-state index in [-0.39, 0.29) is 0 Å². The van der Waals surface area contributed by atoms with Crippen LogP contribution in [-0.2, 0) is 0 Å². The summed E-state index contributed by atoms with van der Waals surface area (Å²) in [5.41, 5.74) is 8.69. The highest BCUT2D eigenvalue weighted by Gasteiger charge is 2.16. The van der Waals surface area contributed by atoms with Gasteiger partial charge in [0.25, 0.3) is 0 Å². The summed E-state index contributed by atoms with van der Waals surface area (Å²) in [6.45, 7) is 0. The third-order valence-electron chi connectivity index (χ3n) is 8.82. The molecule has 0 N–H and O–H groups in total. The van der Waals surface area contributed by atoms with Crippen LogP contribution in [-0.4, -0.2) is 19.5 Å². The summed E-state index contributed by atoms with van der Waals surface area (Å²) in [5, 5.41) is 4.97. The summed E-state index contributed by atoms with van der Waals surface area (Å²) >= 11 is 0. The molecular formula is C43H28N4. The molecule has 7 aromatic carbocycles. The molecule has 0 saturated heterocycles. The molecule has 0 aliphatic rings. The van der Waals surface area contributed by atoms with Gasteiger partial charge >= 0.3 is 0 Å². The van der Waals surface area contributed by atoms with Gasteiger partial charge in [0.05, 0.1) is 11.0 Å². The number of hydrogen-bond acceptors (Lipinski definition) is 3. The van der Waals surface area contributed by atoms with E-state index in [4.69, 9.17) is 15.0 Å². The highest BCUT2D eigenvalue weighted by molar-refractivity contribution is 6.21. The second-order valence-corrected chi connectivity index (χ2v) is 11.7. The average molecular weight is 601 g/mol. The third kappa shape index (κ3) is 4.75. The number of fused-ring (bicyclic) bond motifs is 5. The normalized spacial score (nSPS) is 11.4. The molecule has 2 heterocycles. The highest BCUT2D eigenvalue weighted by Crippen LogP contribution is 2.38. The Bertz CT molecular complexity index is 2500. The standard InChI is InChI=1S/C43H28N4/c1-4-13-29(14-5-1)41-44-42(30-15-6-2-7-16-30)46-43(45-41)34-18-12-17-31(28-34)32-23-25-36-33(27-32)24-26-39-40(36)37-21-10-11-22-38(37)47(39)35-19-8-3-9-20-35/h1-28H. The fraction of sp³-hybridized carbons (Fsp3) is 0. The maximum atomic E-state index is 4.95. The van der Waals surface area contributed by atoms with Crippen molar-refractivity contribution in [1.29, 1.82) is 0 Å². The molecule has 0 aliphatic heterocycles. The van der Waals surface area contributed by atoms with Crippen molar-refractivity contribution >= 4 is 32.6 Å². The average Bonchev–Trinajstić information content (AvgIpc) is 3.50. The van der Waals surface area contributed by atoms with Gasteiger partial charge < -0.3 is 4.57 Å². The molecule has 0 radical (unpaired) electrons. The van der Waals surface area contributed by atoms with Crippen LogP contribution < -0.4 is 0 Å². The van der Waals surface area contributed by atoms with Crippen LogP contribution in [0.5, 0.6) is 0 Å². The molecule has 0 saturated carbocycles. The van der Waals surface area contributed by atoms with Crippen LogP contribution >= 0.6 is 0 Å². The van der Waals surface area contributed by atoms with Crippen LogP contribution in [0, 0.1) is 0 Å². The van der Waals surface area contributed by atoms with Crippen molar-refractivity contribution in [2.75, 3.05) is 0 Å². The number of para-hydroxylation sites is 2. The Kier molecular flexibility index (Phi) is 6.43. The molecule has 4 nitrogen and oxygen atoms in total. The van der Waals surface area contributed by atoms with Gasteiger partial charge in [-0.2, -0.15) is 0 Å². The number of nitrogens with zero attached hydrogens (tertiary/aromatic N) is 4. The van der Waals surface area contributed by atoms with Crippen LogP contribution in [0.4, 0.5) is 0 Å². The van der Waals surface area contributed by atoms with Crippen LogP contribution in [0.15, 0.2) is 170 Å². The van der Waals surface area contributed by atoms with Gasteiger partial charge in [-0.1, -0.05) is 133 Å². The Morgan fingerprint density at radius 2 is 0.894 bits per heavy atom. The Balaban J connectivity index is 1.17. The predicted octanol–water partition coefficient (Wildman–Crippen LogP) is 10.8. The van der Waals surface area contributed by atoms with E-state index < -0.39 is 0 Å². The topological polar surface area (TPSA) is 43.6 Å². The van der Waals surface area contributed by atoms with Gasteiger partial charge in [0.15, 0.2) is 17.5 Å². The van der Waals surface area contributed by atoms with E-state index in [1.807, 2.05) is 60.7 Å². The van der Waals surface area contributed by atoms with Gasteiger partial charge in [-0.3, -0.25) is 0 Å². The maximum Gasteiger partial charge on any atom is 0.164 e. The van der Waals surface area contributed by atoms with Gasteiger partial charge in [-0.05, 0) is 58.3 Å². The number of rotatable bonds is 5. The predicted molar refractivity (Wildman–Crippen MR) is 193 cm³/mol. The van der Waals surface area contributed by atoms with Gasteiger partial charge in [0, 0.05) is 33.2 Å². The molecule has 47 heavy (non-hydrogen) atoms. The first-order chi connectivity index (χ1) is 23.3. The molecule has 0 bridgehead atoms. The van der Waals surface area contributed by atoms with Crippen molar-refractivity contribution in [1.82, 2.24) is 19.5 Å². The molecule has 0 unspecified atom stereocenters. The lowest BCUT2D eigenvalue weighted by molar-refractivity contribution is 1.07. The Labute approximate surface area is 272 Å². The molecule has 220 valence electrons. The second-order valence-electron chi connectivity index (χ2n) is 11.7. The summed E-state index contributed by atoms with van der Waals surface area (Å²) in [6.07, 6.45) is 0. The molecule has 0 spiro atoms.